The molecule has 176 valence electrons. The van der Waals surface area contributed by atoms with E-state index in [2.05, 4.69) is 10.1 Å². The normalized spacial score (nSPS) is 17.8. The Bertz CT molecular complexity index is 1150. The molecule has 0 bridgehead atoms. The van der Waals surface area contributed by atoms with E-state index in [-0.39, 0.29) is 24.9 Å². The first-order valence-corrected chi connectivity index (χ1v) is 12.4. The fourth-order valence-corrected chi connectivity index (χ4v) is 5.37. The van der Waals surface area contributed by atoms with Crippen molar-refractivity contribution in [1.29, 1.82) is 0 Å². The van der Waals surface area contributed by atoms with Crippen molar-refractivity contribution in [2.45, 2.75) is 46.7 Å². The lowest BCUT2D eigenvalue weighted by Crippen LogP contribution is -2.36. The second-order valence-corrected chi connectivity index (χ2v) is 10.00. The van der Waals surface area contributed by atoms with Gasteiger partial charge in [-0.15, -0.1) is 0 Å². The van der Waals surface area contributed by atoms with Crippen molar-refractivity contribution in [3.63, 3.8) is 0 Å². The van der Waals surface area contributed by atoms with E-state index in [0.717, 1.165) is 15.4 Å². The van der Waals surface area contributed by atoms with Crippen LogP contribution in [0, 0.1) is 12.8 Å². The fourth-order valence-electron chi connectivity index (χ4n) is 3.63. The maximum atomic E-state index is 12.6. The smallest absolute Gasteiger partial charge is 0.307 e. The highest BCUT2D eigenvalue weighted by Gasteiger charge is 2.49. The lowest BCUT2D eigenvalue weighted by molar-refractivity contribution is -0.128. The molecule has 1 aromatic heterocycles. The predicted molar refractivity (Wildman–Crippen MR) is 126 cm³/mol. The minimum Gasteiger partial charge on any atom is -0.339 e. The molecule has 2 aromatic carbocycles. The Morgan fingerprint density at radius 3 is 2.15 bits per heavy atom. The third-order valence-electron chi connectivity index (χ3n) is 5.18. The van der Waals surface area contributed by atoms with Crippen molar-refractivity contribution in [1.82, 2.24) is 18.8 Å². The number of hydrogen-bond acceptors (Lipinski definition) is 6. The van der Waals surface area contributed by atoms with Crippen LogP contribution in [0.2, 0.25) is 0 Å². The first kappa shape index (κ1) is 24.6. The van der Waals surface area contributed by atoms with Crippen LogP contribution >= 0.6 is 0 Å². The molecule has 1 fully saturated rings. The summed E-state index contributed by atoms with van der Waals surface area (Å²) in [7, 11) is -3.70. The zero-order chi connectivity index (χ0) is 24.0. The molecule has 0 N–H and O–H groups in total. The van der Waals surface area contributed by atoms with Crippen LogP contribution in [0.3, 0.4) is 0 Å². The number of aryl methyl sites for hydroxylation is 1. The lowest BCUT2D eigenvalue weighted by Gasteiger charge is -2.21. The third-order valence-corrected chi connectivity index (χ3v) is 7.15. The fraction of sp³-hybridized carbons (Fsp3) is 0.375. The molecule has 1 saturated heterocycles. The van der Waals surface area contributed by atoms with Gasteiger partial charge in [0.2, 0.25) is 11.7 Å². The number of carbonyl (C=O) groups excluding carboxylic acids is 1. The quantitative estimate of drug-likeness (QED) is 0.539. The minimum atomic E-state index is -3.70. The minimum absolute atomic E-state index is 0.182. The highest BCUT2D eigenvalue weighted by atomic mass is 32.2. The number of carbonyl (C=O) groups is 1. The van der Waals surface area contributed by atoms with E-state index >= 15 is 0 Å². The van der Waals surface area contributed by atoms with Crippen LogP contribution in [0.1, 0.15) is 38.6 Å². The van der Waals surface area contributed by atoms with Crippen LogP contribution in [-0.2, 0) is 21.5 Å². The van der Waals surface area contributed by atoms with Gasteiger partial charge >= 0.3 is 10.2 Å². The van der Waals surface area contributed by atoms with Gasteiger partial charge in [0.1, 0.15) is 6.04 Å². The second-order valence-electron chi connectivity index (χ2n) is 8.19. The molecule has 33 heavy (non-hydrogen) atoms. The van der Waals surface area contributed by atoms with Gasteiger partial charge < -0.3 is 4.52 Å². The number of likely N-dealkylation sites (N-methyl/N-ethyl adjacent to an activating group) is 1. The molecule has 1 aliphatic heterocycles. The molecule has 0 aliphatic carbocycles. The molecule has 1 atom stereocenters. The molecule has 9 heteroatoms. The van der Waals surface area contributed by atoms with Gasteiger partial charge in [0.15, 0.2) is 0 Å². The predicted octanol–water partition coefficient (Wildman–Crippen LogP) is 4.06. The summed E-state index contributed by atoms with van der Waals surface area (Å²) < 4.78 is 32.3. The monoisotopic (exact) mass is 470 g/mol. The van der Waals surface area contributed by atoms with Crippen molar-refractivity contribution in [3.05, 3.63) is 72.1 Å². The lowest BCUT2D eigenvalue weighted by atomic mass is 10.0. The van der Waals surface area contributed by atoms with Crippen LogP contribution in [0.4, 0.5) is 0 Å². The molecule has 8 nitrogen and oxygen atoms in total. The van der Waals surface area contributed by atoms with Crippen molar-refractivity contribution in [2.24, 2.45) is 5.92 Å². The molecule has 0 radical (unpaired) electrons. The van der Waals surface area contributed by atoms with Crippen molar-refractivity contribution in [3.8, 4) is 11.4 Å². The number of aromatic nitrogens is 2. The second kappa shape index (κ2) is 10.7. The molecular weight excluding hydrogens is 440 g/mol. The summed E-state index contributed by atoms with van der Waals surface area (Å²) in [5.74, 6) is 1.19. The average Bonchev–Trinajstić information content (AvgIpc) is 3.30. The van der Waals surface area contributed by atoms with Gasteiger partial charge in [-0.2, -0.15) is 17.7 Å². The molecule has 2 heterocycles. The molecule has 0 spiro atoms. The van der Waals surface area contributed by atoms with Gasteiger partial charge in [-0.3, -0.25) is 4.79 Å². The Morgan fingerprint density at radius 2 is 1.64 bits per heavy atom. The maximum absolute atomic E-state index is 12.6. The van der Waals surface area contributed by atoms with Crippen molar-refractivity contribution >= 4 is 16.1 Å². The summed E-state index contributed by atoms with van der Waals surface area (Å²) in [4.78, 5) is 16.5. The number of benzene rings is 2. The van der Waals surface area contributed by atoms with Gasteiger partial charge in [0.25, 0.3) is 5.91 Å². The average molecular weight is 471 g/mol. The summed E-state index contributed by atoms with van der Waals surface area (Å²) in [6.07, 6.45) is 0.543. The zero-order valence-corrected chi connectivity index (χ0v) is 20.2. The first-order chi connectivity index (χ1) is 15.7. The van der Waals surface area contributed by atoms with Crippen LogP contribution < -0.4 is 0 Å². The van der Waals surface area contributed by atoms with Crippen molar-refractivity contribution in [2.75, 3.05) is 6.54 Å². The van der Waals surface area contributed by atoms with E-state index in [1.807, 2.05) is 74.5 Å². The molecule has 4 rings (SSSR count). The van der Waals surface area contributed by atoms with Crippen molar-refractivity contribution < 1.29 is 17.7 Å². The molecule has 1 aliphatic rings. The third kappa shape index (κ3) is 5.85. The molecule has 3 aromatic rings. The van der Waals surface area contributed by atoms with Crippen LogP contribution in [0.15, 0.2) is 65.2 Å². The summed E-state index contributed by atoms with van der Waals surface area (Å²) in [5, 5.41) is 3.80. The van der Waals surface area contributed by atoms with E-state index in [9.17, 15) is 13.2 Å². The standard InChI is InChI=1S/C15H22N2O3S.C9H8N2O/c1-4-16-15(18)14(10-12(2)3)17(21(16,19)20)11-13-8-6-5-7-9-13;1-7-10-9(11-12-7)8-5-3-2-4-6-8/h5-9,12,14H,4,10-11H2,1-3H3;2-6H,1H3. The van der Waals surface area contributed by atoms with Gasteiger partial charge in [0, 0.05) is 25.6 Å². The Hall–Kier alpha value is -3.04. The topological polar surface area (TPSA) is 96.6 Å². The largest absolute Gasteiger partial charge is 0.339 e. The van der Waals surface area contributed by atoms with E-state index in [4.69, 9.17) is 4.52 Å². The zero-order valence-electron chi connectivity index (χ0n) is 19.4. The SMILES string of the molecule is CCN1C(=O)C(CC(C)C)N(Cc2ccccc2)S1(=O)=O.Cc1nc(-c2ccccc2)no1. The number of amides is 1. The first-order valence-electron chi connectivity index (χ1n) is 11.0. The Morgan fingerprint density at radius 1 is 1.03 bits per heavy atom. The molecule has 0 saturated carbocycles. The number of rotatable bonds is 6. The van der Waals surface area contributed by atoms with Gasteiger partial charge in [0.05, 0.1) is 0 Å². The summed E-state index contributed by atoms with van der Waals surface area (Å²) in [6, 6.07) is 18.5. The summed E-state index contributed by atoms with van der Waals surface area (Å²) >= 11 is 0. The van der Waals surface area contributed by atoms with E-state index < -0.39 is 16.3 Å². The van der Waals surface area contributed by atoms with Crippen LogP contribution in [0.5, 0.6) is 0 Å². The van der Waals surface area contributed by atoms with Gasteiger partial charge in [-0.05, 0) is 24.8 Å². The Labute approximate surface area is 195 Å². The highest BCUT2D eigenvalue weighted by Crippen LogP contribution is 2.29. The van der Waals surface area contributed by atoms with E-state index in [0.29, 0.717) is 18.1 Å². The Kier molecular flexibility index (Phi) is 7.99. The Balaban J connectivity index is 0.000000215. The maximum Gasteiger partial charge on any atom is 0.307 e. The van der Waals surface area contributed by atoms with E-state index in [1.165, 1.54) is 4.31 Å². The number of hydrogen-bond donors (Lipinski definition) is 0. The summed E-state index contributed by atoms with van der Waals surface area (Å²) in [5.41, 5.74) is 1.87. The number of nitrogens with zero attached hydrogens (tertiary/aromatic N) is 4. The van der Waals surface area contributed by atoms with Gasteiger partial charge in [-0.25, -0.2) is 4.31 Å². The van der Waals surface area contributed by atoms with Crippen LogP contribution in [0.25, 0.3) is 11.4 Å². The molecule has 1 unspecified atom stereocenters. The van der Waals surface area contributed by atoms with E-state index in [1.54, 1.807) is 13.8 Å². The van der Waals surface area contributed by atoms with Crippen LogP contribution in [-0.4, -0.2) is 45.7 Å². The molecular formula is C24H30N4O4S. The highest BCUT2D eigenvalue weighted by molar-refractivity contribution is 7.87. The molecule has 1 amide bonds. The summed E-state index contributed by atoms with van der Waals surface area (Å²) in [6.45, 7) is 7.88. The van der Waals surface area contributed by atoms with Gasteiger partial charge in [-0.1, -0.05) is 79.7 Å².